The predicted octanol–water partition coefficient (Wildman–Crippen LogP) is 3.17. The smallest absolute Gasteiger partial charge is 0.251 e. The van der Waals surface area contributed by atoms with Gasteiger partial charge in [0.2, 0.25) is 0 Å². The summed E-state index contributed by atoms with van der Waals surface area (Å²) in [6, 6.07) is 5.45. The van der Waals surface area contributed by atoms with Gasteiger partial charge in [0, 0.05) is 32.3 Å². The first-order chi connectivity index (χ1) is 8.56. The first-order valence-electron chi connectivity index (χ1n) is 5.29. The highest BCUT2D eigenvalue weighted by molar-refractivity contribution is 9.11. The molecule has 0 aliphatic carbocycles. The second-order valence-electron chi connectivity index (χ2n) is 3.86. The summed E-state index contributed by atoms with van der Waals surface area (Å²) >= 11 is 6.72. The van der Waals surface area contributed by atoms with Crippen LogP contribution >= 0.6 is 31.9 Å². The largest absolute Gasteiger partial charge is 0.348 e. The molecule has 0 saturated heterocycles. The quantitative estimate of drug-likeness (QED) is 0.869. The lowest BCUT2D eigenvalue weighted by Crippen LogP contribution is -2.22. The Morgan fingerprint density at radius 1 is 1.33 bits per heavy atom. The molecule has 0 radical (unpaired) electrons. The molecule has 1 aromatic heterocycles. The molecule has 94 valence electrons. The molecule has 0 atom stereocenters. The number of halogens is 2. The average molecular weight is 373 g/mol. The van der Waals surface area contributed by atoms with E-state index in [-0.39, 0.29) is 5.91 Å². The molecule has 18 heavy (non-hydrogen) atoms. The highest BCUT2D eigenvalue weighted by atomic mass is 79.9. The van der Waals surface area contributed by atoms with Gasteiger partial charge in [-0.05, 0) is 25.1 Å². The van der Waals surface area contributed by atoms with Crippen molar-refractivity contribution in [1.82, 2.24) is 15.5 Å². The van der Waals surface area contributed by atoms with Crippen molar-refractivity contribution in [2.24, 2.45) is 0 Å². The fraction of sp³-hybridized carbons (Fsp3) is 0.167. The summed E-state index contributed by atoms with van der Waals surface area (Å²) in [5.41, 5.74) is 2.56. The molecule has 1 heterocycles. The molecule has 0 bridgehead atoms. The van der Waals surface area contributed by atoms with E-state index in [4.69, 9.17) is 0 Å². The molecular formula is C12H11Br2N3O. The molecule has 4 nitrogen and oxygen atoms in total. The second-order valence-corrected chi connectivity index (χ2v) is 5.69. The first-order valence-corrected chi connectivity index (χ1v) is 6.88. The lowest BCUT2D eigenvalue weighted by atomic mass is 10.2. The van der Waals surface area contributed by atoms with Crippen molar-refractivity contribution >= 4 is 37.8 Å². The number of aromatic nitrogens is 2. The fourth-order valence-electron chi connectivity index (χ4n) is 1.52. The van der Waals surface area contributed by atoms with Crippen LogP contribution in [0.5, 0.6) is 0 Å². The summed E-state index contributed by atoms with van der Waals surface area (Å²) in [4.78, 5) is 12.0. The molecule has 0 saturated carbocycles. The fourth-order valence-corrected chi connectivity index (χ4v) is 2.81. The van der Waals surface area contributed by atoms with Gasteiger partial charge in [0.15, 0.2) is 0 Å². The molecule has 2 N–H and O–H groups in total. The maximum absolute atomic E-state index is 12.0. The van der Waals surface area contributed by atoms with E-state index in [2.05, 4.69) is 47.4 Å². The van der Waals surface area contributed by atoms with Crippen LogP contribution in [0.15, 0.2) is 33.3 Å². The molecule has 0 unspecified atom stereocenters. The summed E-state index contributed by atoms with van der Waals surface area (Å²) in [5.74, 6) is -0.113. The zero-order valence-electron chi connectivity index (χ0n) is 9.63. The van der Waals surface area contributed by atoms with Crippen LogP contribution in [0.1, 0.15) is 21.6 Å². The van der Waals surface area contributed by atoms with Crippen LogP contribution in [-0.2, 0) is 6.54 Å². The number of aromatic amines is 1. The number of benzene rings is 1. The van der Waals surface area contributed by atoms with Crippen LogP contribution in [0.25, 0.3) is 0 Å². The van der Waals surface area contributed by atoms with Gasteiger partial charge in [-0.15, -0.1) is 0 Å². The lowest BCUT2D eigenvalue weighted by Gasteiger charge is -2.05. The van der Waals surface area contributed by atoms with Gasteiger partial charge < -0.3 is 5.32 Å². The van der Waals surface area contributed by atoms with E-state index in [0.717, 1.165) is 20.2 Å². The Hall–Kier alpha value is -1.14. The third-order valence-corrected chi connectivity index (χ3v) is 3.41. The van der Waals surface area contributed by atoms with Crippen molar-refractivity contribution in [2.45, 2.75) is 13.5 Å². The minimum atomic E-state index is -0.113. The zero-order chi connectivity index (χ0) is 13.1. The third-order valence-electron chi connectivity index (χ3n) is 2.50. The Labute approximate surface area is 121 Å². The number of rotatable bonds is 3. The highest BCUT2D eigenvalue weighted by Crippen LogP contribution is 2.20. The van der Waals surface area contributed by atoms with Gasteiger partial charge in [-0.2, -0.15) is 5.10 Å². The molecular weight excluding hydrogens is 362 g/mol. The number of amides is 1. The number of hydrogen-bond donors (Lipinski definition) is 2. The minimum absolute atomic E-state index is 0.113. The van der Waals surface area contributed by atoms with Crippen molar-refractivity contribution in [3.8, 4) is 0 Å². The summed E-state index contributed by atoms with van der Waals surface area (Å²) in [6.07, 6.45) is 1.71. The Kier molecular flexibility index (Phi) is 4.19. The van der Waals surface area contributed by atoms with Gasteiger partial charge in [-0.25, -0.2) is 0 Å². The summed E-state index contributed by atoms with van der Waals surface area (Å²) in [5, 5.41) is 9.60. The lowest BCUT2D eigenvalue weighted by molar-refractivity contribution is 0.0951. The van der Waals surface area contributed by atoms with Gasteiger partial charge in [0.25, 0.3) is 5.91 Å². The monoisotopic (exact) mass is 371 g/mol. The summed E-state index contributed by atoms with van der Waals surface area (Å²) in [6.45, 7) is 2.38. The van der Waals surface area contributed by atoms with Crippen LogP contribution in [-0.4, -0.2) is 16.1 Å². The van der Waals surface area contributed by atoms with Crippen LogP contribution in [0.3, 0.4) is 0 Å². The maximum atomic E-state index is 12.0. The number of aryl methyl sites for hydroxylation is 1. The number of H-pyrrole nitrogens is 1. The number of carbonyl (C=O) groups is 1. The molecule has 6 heteroatoms. The maximum Gasteiger partial charge on any atom is 0.251 e. The van der Waals surface area contributed by atoms with Crippen LogP contribution < -0.4 is 5.32 Å². The van der Waals surface area contributed by atoms with Gasteiger partial charge in [-0.3, -0.25) is 9.89 Å². The second kappa shape index (κ2) is 5.67. The Balaban J connectivity index is 2.06. The van der Waals surface area contributed by atoms with E-state index in [1.54, 1.807) is 18.3 Å². The van der Waals surface area contributed by atoms with Crippen LogP contribution in [0.2, 0.25) is 0 Å². The van der Waals surface area contributed by atoms with Crippen LogP contribution in [0.4, 0.5) is 0 Å². The molecule has 2 aromatic rings. The van der Waals surface area contributed by atoms with Crippen molar-refractivity contribution in [2.75, 3.05) is 0 Å². The predicted molar refractivity (Wildman–Crippen MR) is 76.3 cm³/mol. The summed E-state index contributed by atoms with van der Waals surface area (Å²) in [7, 11) is 0. The highest BCUT2D eigenvalue weighted by Gasteiger charge is 2.08. The number of nitrogens with zero attached hydrogens (tertiary/aromatic N) is 1. The molecule has 0 aliphatic heterocycles. The SMILES string of the molecule is Cc1[nH]ncc1CNC(=O)c1cc(Br)cc(Br)c1. The summed E-state index contributed by atoms with van der Waals surface area (Å²) < 4.78 is 1.73. The van der Waals surface area contributed by atoms with Gasteiger partial charge >= 0.3 is 0 Å². The Morgan fingerprint density at radius 3 is 2.56 bits per heavy atom. The number of hydrogen-bond acceptors (Lipinski definition) is 2. The topological polar surface area (TPSA) is 57.8 Å². The molecule has 1 amide bonds. The van der Waals surface area contributed by atoms with Crippen molar-refractivity contribution in [3.63, 3.8) is 0 Å². The van der Waals surface area contributed by atoms with E-state index < -0.39 is 0 Å². The van der Waals surface area contributed by atoms with E-state index in [1.165, 1.54) is 0 Å². The first kappa shape index (κ1) is 13.3. The van der Waals surface area contributed by atoms with Crippen molar-refractivity contribution in [1.29, 1.82) is 0 Å². The third kappa shape index (κ3) is 3.20. The average Bonchev–Trinajstić information content (AvgIpc) is 2.70. The minimum Gasteiger partial charge on any atom is -0.348 e. The molecule has 0 spiro atoms. The zero-order valence-corrected chi connectivity index (χ0v) is 12.8. The van der Waals surface area contributed by atoms with E-state index in [9.17, 15) is 4.79 Å². The molecule has 0 fully saturated rings. The van der Waals surface area contributed by atoms with E-state index in [0.29, 0.717) is 12.1 Å². The van der Waals surface area contributed by atoms with Gasteiger partial charge in [0.05, 0.1) is 6.20 Å². The van der Waals surface area contributed by atoms with E-state index >= 15 is 0 Å². The van der Waals surface area contributed by atoms with Crippen LogP contribution in [0, 0.1) is 6.92 Å². The molecule has 1 aromatic carbocycles. The van der Waals surface area contributed by atoms with Crippen molar-refractivity contribution in [3.05, 3.63) is 50.2 Å². The van der Waals surface area contributed by atoms with Crippen molar-refractivity contribution < 1.29 is 4.79 Å². The van der Waals surface area contributed by atoms with E-state index in [1.807, 2.05) is 13.0 Å². The number of nitrogens with one attached hydrogen (secondary N) is 2. The molecule has 0 aliphatic rings. The van der Waals surface area contributed by atoms with Gasteiger partial charge in [0.1, 0.15) is 0 Å². The number of carbonyl (C=O) groups excluding carboxylic acids is 1. The normalized spacial score (nSPS) is 10.4. The Morgan fingerprint density at radius 2 is 2.00 bits per heavy atom. The standard InChI is InChI=1S/C12H11Br2N3O/c1-7-9(6-16-17-7)5-15-12(18)8-2-10(13)4-11(14)3-8/h2-4,6H,5H2,1H3,(H,15,18)(H,16,17). The Bertz CT molecular complexity index is 560. The molecule has 2 rings (SSSR count). The van der Waals surface area contributed by atoms with Gasteiger partial charge in [-0.1, -0.05) is 31.9 Å².